The first kappa shape index (κ1) is 14.4. The van der Waals surface area contributed by atoms with Crippen molar-refractivity contribution < 1.29 is 28.9 Å². The van der Waals surface area contributed by atoms with Gasteiger partial charge in [0, 0.05) is 0 Å². The van der Waals surface area contributed by atoms with E-state index >= 15 is 0 Å². The summed E-state index contributed by atoms with van der Waals surface area (Å²) in [4.78, 5) is 19.9. The predicted molar refractivity (Wildman–Crippen MR) is 39.1 cm³/mol. The molecule has 12 heavy (non-hydrogen) atoms. The van der Waals surface area contributed by atoms with E-state index in [4.69, 9.17) is 10.2 Å². The van der Waals surface area contributed by atoms with Crippen LogP contribution in [0, 0.1) is 0 Å². The van der Waals surface area contributed by atoms with Gasteiger partial charge in [-0.05, 0) is 0 Å². The molecule has 8 heteroatoms. The first-order chi connectivity index (χ1) is 4.95. The molecule has 1 atom stereocenters. The second-order valence-electron chi connectivity index (χ2n) is 1.74. The molecule has 0 fully saturated rings. The van der Waals surface area contributed by atoms with E-state index in [1.54, 1.807) is 0 Å². The summed E-state index contributed by atoms with van der Waals surface area (Å²) in [6.45, 7) is 0. The normalized spacial score (nSPS) is 11.0. The molecule has 0 bridgehead atoms. The van der Waals surface area contributed by atoms with Gasteiger partial charge in [0.25, 0.3) is 0 Å². The Balaban J connectivity index is 0. The van der Waals surface area contributed by atoms with Crippen LogP contribution in [0.1, 0.15) is 6.42 Å². The van der Waals surface area contributed by atoms with Crippen LogP contribution in [-0.2, 0) is 18.7 Å². The van der Waals surface area contributed by atoms with Gasteiger partial charge in [-0.15, -0.1) is 0 Å². The second kappa shape index (κ2) is 6.37. The van der Waals surface area contributed by atoms with E-state index in [2.05, 4.69) is 0 Å². The average Bonchev–Trinajstić information content (AvgIpc) is 1.81. The van der Waals surface area contributed by atoms with Gasteiger partial charge < -0.3 is 10.2 Å². The summed E-state index contributed by atoms with van der Waals surface area (Å²) >= 11 is 0. The molecule has 0 saturated carbocycles. The number of carboxylic acids is 2. The zero-order valence-corrected chi connectivity index (χ0v) is 6.15. The van der Waals surface area contributed by atoms with E-state index in [1.165, 1.54) is 0 Å². The van der Waals surface area contributed by atoms with Crippen molar-refractivity contribution in [2.24, 2.45) is 0 Å². The molecule has 0 amide bonds. The molecule has 0 aliphatic rings. The third kappa shape index (κ3) is 5.49. The summed E-state index contributed by atoms with van der Waals surface area (Å²) in [6, 6.07) is 0. The van der Waals surface area contributed by atoms with Crippen molar-refractivity contribution in [2.45, 2.75) is 12.1 Å². The molecule has 0 heterocycles. The van der Waals surface area contributed by atoms with Crippen LogP contribution >= 0.6 is 7.68 Å². The van der Waals surface area contributed by atoms with E-state index < -0.39 is 31.7 Å². The molecule has 6 nitrogen and oxygen atoms in total. The Morgan fingerprint density at radius 1 is 1.25 bits per heavy atom. The van der Waals surface area contributed by atoms with Crippen molar-refractivity contribution in [1.29, 1.82) is 0 Å². The summed E-state index contributed by atoms with van der Waals surface area (Å²) in [5, 5.41) is 16.2. The van der Waals surface area contributed by atoms with E-state index in [0.717, 1.165) is 0 Å². The zero-order chi connectivity index (χ0) is 9.02. The summed E-state index contributed by atoms with van der Waals surface area (Å²) in [5.41, 5.74) is -1.82. The molecule has 0 aromatic heterocycles. The summed E-state index contributed by atoms with van der Waals surface area (Å²) < 4.78 is 20.1. The Kier molecular flexibility index (Phi) is 7.62. The van der Waals surface area contributed by atoms with Crippen molar-refractivity contribution in [3.8, 4) is 0 Å². The molecule has 0 saturated heterocycles. The monoisotopic (exact) mass is 204 g/mol. The van der Waals surface area contributed by atoms with Crippen LogP contribution in [0.2, 0.25) is 0 Å². The van der Waals surface area contributed by atoms with E-state index in [0.29, 0.717) is 0 Å². The van der Waals surface area contributed by atoms with Crippen LogP contribution < -0.4 is 0 Å². The molecule has 1 unspecified atom stereocenters. The van der Waals surface area contributed by atoms with Gasteiger partial charge in [0.2, 0.25) is 0 Å². The van der Waals surface area contributed by atoms with Crippen molar-refractivity contribution in [3.63, 3.8) is 0 Å². The molecule has 0 aliphatic heterocycles. The number of rotatable bonds is 4. The summed E-state index contributed by atoms with van der Waals surface area (Å²) in [6.07, 6.45) is -0.895. The SMILES string of the molecule is O=C(O)CC(C(=O)O)P(=O)=O.[NaH]. The number of hydrogen-bond donors (Lipinski definition) is 2. The standard InChI is InChI=1S/C4H5O6P.Na.H/c5-3(6)1-2(4(7)8)11(9)10;;/h2H,1H2,(H,5,6)(H,7,8);;. The van der Waals surface area contributed by atoms with Gasteiger partial charge in [0.15, 0.2) is 5.66 Å². The molecule has 64 valence electrons. The van der Waals surface area contributed by atoms with E-state index in [9.17, 15) is 18.7 Å². The predicted octanol–water partition coefficient (Wildman–Crippen LogP) is -0.561. The maximum atomic E-state index is 10.1. The fraction of sp³-hybridized carbons (Fsp3) is 0.500. The third-order valence-corrected chi connectivity index (χ3v) is 1.82. The van der Waals surface area contributed by atoms with Crippen LogP contribution in [-0.4, -0.2) is 57.4 Å². The Morgan fingerprint density at radius 3 is 1.75 bits per heavy atom. The molecule has 0 radical (unpaired) electrons. The number of carboxylic acid groups (broad SMARTS) is 2. The number of carbonyl (C=O) groups is 2. The van der Waals surface area contributed by atoms with E-state index in [-0.39, 0.29) is 29.6 Å². The molecular formula is C4H6NaO6P. The first-order valence-corrected chi connectivity index (χ1v) is 3.78. The van der Waals surface area contributed by atoms with Gasteiger partial charge in [0.1, 0.15) is 0 Å². The van der Waals surface area contributed by atoms with Crippen LogP contribution in [0.25, 0.3) is 0 Å². The van der Waals surface area contributed by atoms with Gasteiger partial charge >= 0.3 is 49.2 Å². The Bertz CT molecular complexity index is 238. The van der Waals surface area contributed by atoms with Gasteiger partial charge in [-0.3, -0.25) is 9.59 Å². The van der Waals surface area contributed by atoms with Crippen LogP contribution in [0.4, 0.5) is 0 Å². The Hall–Kier alpha value is -0.160. The average molecular weight is 204 g/mol. The molecule has 0 aliphatic carbocycles. The zero-order valence-electron chi connectivity index (χ0n) is 5.26. The maximum absolute atomic E-state index is 10.1. The summed E-state index contributed by atoms with van der Waals surface area (Å²) in [7, 11) is -3.22. The van der Waals surface area contributed by atoms with E-state index in [1.807, 2.05) is 0 Å². The summed E-state index contributed by atoms with van der Waals surface area (Å²) in [5.74, 6) is -3.08. The second-order valence-corrected chi connectivity index (χ2v) is 2.93. The molecular weight excluding hydrogens is 198 g/mol. The van der Waals surface area contributed by atoms with Crippen molar-refractivity contribution in [1.82, 2.24) is 0 Å². The van der Waals surface area contributed by atoms with Crippen LogP contribution in [0.3, 0.4) is 0 Å². The van der Waals surface area contributed by atoms with Gasteiger partial charge in [0.05, 0.1) is 6.42 Å². The quantitative estimate of drug-likeness (QED) is 0.469. The first-order valence-electron chi connectivity index (χ1n) is 2.53. The van der Waals surface area contributed by atoms with Gasteiger partial charge in [-0.25, -0.2) is 9.13 Å². The fourth-order valence-electron chi connectivity index (χ4n) is 0.417. The third-order valence-electron chi connectivity index (χ3n) is 0.908. The minimum absolute atomic E-state index is 0. The topological polar surface area (TPSA) is 109 Å². The van der Waals surface area contributed by atoms with Crippen molar-refractivity contribution in [2.75, 3.05) is 0 Å². The van der Waals surface area contributed by atoms with Crippen LogP contribution in [0.5, 0.6) is 0 Å². The number of aliphatic carboxylic acids is 2. The minimum atomic E-state index is -3.22. The Morgan fingerprint density at radius 2 is 1.67 bits per heavy atom. The van der Waals surface area contributed by atoms with Gasteiger partial charge in [-0.2, -0.15) is 0 Å². The molecule has 2 N–H and O–H groups in total. The van der Waals surface area contributed by atoms with Gasteiger partial charge in [-0.1, -0.05) is 0 Å². The fourth-order valence-corrected chi connectivity index (χ4v) is 0.903. The van der Waals surface area contributed by atoms with Crippen LogP contribution in [0.15, 0.2) is 0 Å². The Labute approximate surface area is 90.1 Å². The number of hydrogen-bond acceptors (Lipinski definition) is 4. The molecule has 0 spiro atoms. The molecule has 0 aromatic rings. The van der Waals surface area contributed by atoms with Crippen molar-refractivity contribution >= 4 is 49.2 Å². The molecule has 0 aromatic carbocycles. The van der Waals surface area contributed by atoms with Crippen molar-refractivity contribution in [3.05, 3.63) is 0 Å². The molecule has 0 rings (SSSR count).